The largest absolute Gasteiger partial charge is 0.459 e. The van der Waals surface area contributed by atoms with Gasteiger partial charge in [-0.05, 0) is 65.0 Å². The highest BCUT2D eigenvalue weighted by atomic mass is 32.1. The van der Waals surface area contributed by atoms with E-state index in [1.165, 1.54) is 11.3 Å². The lowest BCUT2D eigenvalue weighted by molar-refractivity contribution is 0.0127. The quantitative estimate of drug-likeness (QED) is 0.565. The fourth-order valence-corrected chi connectivity index (χ4v) is 3.76. The summed E-state index contributed by atoms with van der Waals surface area (Å²) in [6.45, 7) is 12.3. The molecule has 0 fully saturated rings. The van der Waals surface area contributed by atoms with Gasteiger partial charge in [0.2, 0.25) is 0 Å². The van der Waals surface area contributed by atoms with E-state index in [-0.39, 0.29) is 17.7 Å². The lowest BCUT2D eigenvalue weighted by Gasteiger charge is -2.23. The molecule has 0 aliphatic heterocycles. The van der Waals surface area contributed by atoms with Crippen LogP contribution in [0.2, 0.25) is 0 Å². The standard InChI is InChI=1S/C19H32O3S/c1-13(2)22-18(20)17-15(4)12-16(23-17)11-14(3)9-8-10-19(5,6)21-7/h12-14H,8-11H2,1-7H3. The van der Waals surface area contributed by atoms with E-state index in [0.717, 1.165) is 29.7 Å². The Morgan fingerprint density at radius 1 is 1.30 bits per heavy atom. The summed E-state index contributed by atoms with van der Waals surface area (Å²) in [5, 5.41) is 0. The summed E-state index contributed by atoms with van der Waals surface area (Å²) < 4.78 is 10.8. The van der Waals surface area contributed by atoms with E-state index in [1.807, 2.05) is 20.8 Å². The minimum Gasteiger partial charge on any atom is -0.459 e. The molecule has 1 aromatic rings. The second-order valence-electron chi connectivity index (χ2n) is 7.34. The Hall–Kier alpha value is -0.870. The molecule has 132 valence electrons. The van der Waals surface area contributed by atoms with E-state index in [4.69, 9.17) is 9.47 Å². The molecule has 4 heteroatoms. The van der Waals surface area contributed by atoms with Crippen molar-refractivity contribution in [1.82, 2.24) is 0 Å². The van der Waals surface area contributed by atoms with Gasteiger partial charge in [-0.15, -0.1) is 11.3 Å². The van der Waals surface area contributed by atoms with Crippen LogP contribution in [0.3, 0.4) is 0 Å². The zero-order chi connectivity index (χ0) is 17.6. The summed E-state index contributed by atoms with van der Waals surface area (Å²) in [6.07, 6.45) is 4.36. The van der Waals surface area contributed by atoms with E-state index < -0.39 is 0 Å². The Labute approximate surface area is 145 Å². The molecule has 3 nitrogen and oxygen atoms in total. The number of methoxy groups -OCH3 is 1. The SMILES string of the molecule is COC(C)(C)CCCC(C)Cc1cc(C)c(C(=O)OC(C)C)s1. The monoisotopic (exact) mass is 340 g/mol. The third-order valence-electron chi connectivity index (χ3n) is 4.07. The van der Waals surface area contributed by atoms with Crippen LogP contribution >= 0.6 is 11.3 Å². The van der Waals surface area contributed by atoms with Gasteiger partial charge in [0.1, 0.15) is 4.88 Å². The van der Waals surface area contributed by atoms with Crippen molar-refractivity contribution in [1.29, 1.82) is 0 Å². The van der Waals surface area contributed by atoms with Gasteiger partial charge in [0.15, 0.2) is 0 Å². The van der Waals surface area contributed by atoms with Gasteiger partial charge in [0, 0.05) is 12.0 Å². The van der Waals surface area contributed by atoms with Gasteiger partial charge in [-0.2, -0.15) is 0 Å². The van der Waals surface area contributed by atoms with Crippen LogP contribution < -0.4 is 0 Å². The average Bonchev–Trinajstić information content (AvgIpc) is 2.78. The highest BCUT2D eigenvalue weighted by molar-refractivity contribution is 7.14. The van der Waals surface area contributed by atoms with E-state index in [9.17, 15) is 4.79 Å². The zero-order valence-corrected chi connectivity index (χ0v) is 16.5. The van der Waals surface area contributed by atoms with Crippen molar-refractivity contribution in [2.45, 2.75) is 78.9 Å². The van der Waals surface area contributed by atoms with Crippen LogP contribution in [-0.2, 0) is 15.9 Å². The van der Waals surface area contributed by atoms with Crippen LogP contribution in [0.15, 0.2) is 6.07 Å². The smallest absolute Gasteiger partial charge is 0.348 e. The van der Waals surface area contributed by atoms with Crippen LogP contribution in [0.4, 0.5) is 0 Å². The van der Waals surface area contributed by atoms with E-state index >= 15 is 0 Å². The van der Waals surface area contributed by atoms with Crippen molar-refractivity contribution in [2.75, 3.05) is 7.11 Å². The minimum absolute atomic E-state index is 0.0347. The second kappa shape index (κ2) is 8.84. The summed E-state index contributed by atoms with van der Waals surface area (Å²) in [5.74, 6) is 0.415. The Kier molecular flexibility index (Phi) is 7.75. The molecule has 23 heavy (non-hydrogen) atoms. The Balaban J connectivity index is 2.53. The topological polar surface area (TPSA) is 35.5 Å². The molecule has 0 bridgehead atoms. The van der Waals surface area contributed by atoms with E-state index in [1.54, 1.807) is 18.4 Å². The maximum absolute atomic E-state index is 12.1. The molecule has 1 aromatic heterocycles. The highest BCUT2D eigenvalue weighted by Crippen LogP contribution is 2.27. The molecule has 0 saturated heterocycles. The van der Waals surface area contributed by atoms with Crippen LogP contribution in [0.25, 0.3) is 0 Å². The predicted molar refractivity (Wildman–Crippen MR) is 97.4 cm³/mol. The van der Waals surface area contributed by atoms with Crippen molar-refractivity contribution in [3.8, 4) is 0 Å². The van der Waals surface area contributed by atoms with E-state index in [2.05, 4.69) is 26.8 Å². The summed E-state index contributed by atoms with van der Waals surface area (Å²) >= 11 is 1.58. The zero-order valence-electron chi connectivity index (χ0n) is 15.7. The maximum Gasteiger partial charge on any atom is 0.348 e. The average molecular weight is 341 g/mol. The Morgan fingerprint density at radius 2 is 1.96 bits per heavy atom. The fraction of sp³-hybridized carbons (Fsp3) is 0.737. The first-order chi connectivity index (χ1) is 10.6. The number of aryl methyl sites for hydroxylation is 1. The minimum atomic E-state index is -0.191. The summed E-state index contributed by atoms with van der Waals surface area (Å²) in [5.41, 5.74) is 0.996. The molecular formula is C19H32O3S. The van der Waals surface area contributed by atoms with Crippen LogP contribution in [0, 0.1) is 12.8 Å². The van der Waals surface area contributed by atoms with Crippen molar-refractivity contribution in [3.63, 3.8) is 0 Å². The number of hydrogen-bond acceptors (Lipinski definition) is 4. The molecule has 0 saturated carbocycles. The number of thiophene rings is 1. The normalized spacial score (nSPS) is 13.4. The molecule has 0 spiro atoms. The van der Waals surface area contributed by atoms with Crippen molar-refractivity contribution in [2.24, 2.45) is 5.92 Å². The summed E-state index contributed by atoms with van der Waals surface area (Å²) in [4.78, 5) is 14.1. The Bertz CT molecular complexity index is 503. The maximum atomic E-state index is 12.1. The van der Waals surface area contributed by atoms with Gasteiger partial charge < -0.3 is 9.47 Å². The fourth-order valence-electron chi connectivity index (χ4n) is 2.54. The van der Waals surface area contributed by atoms with Gasteiger partial charge in [0.25, 0.3) is 0 Å². The van der Waals surface area contributed by atoms with Crippen LogP contribution in [-0.4, -0.2) is 24.8 Å². The third kappa shape index (κ3) is 7.05. The molecule has 1 unspecified atom stereocenters. The highest BCUT2D eigenvalue weighted by Gasteiger charge is 2.19. The van der Waals surface area contributed by atoms with Crippen molar-refractivity contribution < 1.29 is 14.3 Å². The predicted octanol–water partition coefficient (Wildman–Crippen LogP) is 5.40. The van der Waals surface area contributed by atoms with Gasteiger partial charge in [-0.1, -0.05) is 19.8 Å². The lowest BCUT2D eigenvalue weighted by atomic mass is 9.94. The van der Waals surface area contributed by atoms with Gasteiger partial charge in [-0.3, -0.25) is 0 Å². The summed E-state index contributed by atoms with van der Waals surface area (Å²) in [7, 11) is 1.77. The second-order valence-corrected chi connectivity index (χ2v) is 8.48. The molecule has 0 aliphatic carbocycles. The number of hydrogen-bond donors (Lipinski definition) is 0. The molecule has 1 rings (SSSR count). The van der Waals surface area contributed by atoms with Gasteiger partial charge >= 0.3 is 5.97 Å². The third-order valence-corrected chi connectivity index (χ3v) is 5.31. The number of carbonyl (C=O) groups is 1. The number of esters is 1. The van der Waals surface area contributed by atoms with Crippen molar-refractivity contribution >= 4 is 17.3 Å². The van der Waals surface area contributed by atoms with Crippen molar-refractivity contribution in [3.05, 3.63) is 21.4 Å². The first-order valence-electron chi connectivity index (χ1n) is 8.50. The molecule has 0 N–H and O–H groups in total. The Morgan fingerprint density at radius 3 is 2.52 bits per heavy atom. The summed E-state index contributed by atoms with van der Waals surface area (Å²) in [6, 6.07) is 2.14. The first kappa shape index (κ1) is 20.2. The number of ether oxygens (including phenoxy) is 2. The molecule has 0 radical (unpaired) electrons. The molecule has 1 atom stereocenters. The molecule has 0 amide bonds. The number of rotatable bonds is 9. The molecule has 1 heterocycles. The lowest BCUT2D eigenvalue weighted by Crippen LogP contribution is -2.22. The first-order valence-corrected chi connectivity index (χ1v) is 9.31. The molecule has 0 aromatic carbocycles. The van der Waals surface area contributed by atoms with Gasteiger partial charge in [0.05, 0.1) is 11.7 Å². The van der Waals surface area contributed by atoms with Crippen LogP contribution in [0.5, 0.6) is 0 Å². The van der Waals surface area contributed by atoms with Crippen LogP contribution in [0.1, 0.15) is 74.0 Å². The molecule has 0 aliphatic rings. The number of carbonyl (C=O) groups excluding carboxylic acids is 1. The molecular weight excluding hydrogens is 308 g/mol. The van der Waals surface area contributed by atoms with Gasteiger partial charge in [-0.25, -0.2) is 4.79 Å². The van der Waals surface area contributed by atoms with E-state index in [0.29, 0.717) is 5.92 Å².